The van der Waals surface area contributed by atoms with Crippen LogP contribution in [0.4, 0.5) is 5.95 Å². The lowest BCUT2D eigenvalue weighted by Crippen LogP contribution is -2.52. The number of carbonyl (C=O) groups excluding carboxylic acids is 1. The Balaban J connectivity index is 1.34. The van der Waals surface area contributed by atoms with Crippen molar-refractivity contribution in [1.82, 2.24) is 19.8 Å². The first kappa shape index (κ1) is 21.3. The number of carbonyl (C=O) groups is 1. The van der Waals surface area contributed by atoms with Gasteiger partial charge in [0.15, 0.2) is 0 Å². The van der Waals surface area contributed by atoms with E-state index in [1.54, 1.807) is 24.0 Å². The summed E-state index contributed by atoms with van der Waals surface area (Å²) in [5.41, 5.74) is 2.26. The zero-order valence-electron chi connectivity index (χ0n) is 18.1. The Morgan fingerprint density at radius 3 is 2.63 bits per heavy atom. The number of amides is 1. The van der Waals surface area contributed by atoms with Gasteiger partial charge in [-0.1, -0.05) is 6.42 Å². The highest BCUT2D eigenvalue weighted by Gasteiger charge is 2.29. The van der Waals surface area contributed by atoms with E-state index in [1.165, 1.54) is 24.8 Å². The van der Waals surface area contributed by atoms with Gasteiger partial charge in [-0.2, -0.15) is 0 Å². The van der Waals surface area contributed by atoms with Gasteiger partial charge in [0.05, 0.1) is 10.7 Å². The molecule has 7 nitrogen and oxygen atoms in total. The number of hydrogen-bond donors (Lipinski definition) is 0. The molecule has 2 fully saturated rings. The van der Waals surface area contributed by atoms with Gasteiger partial charge in [0.25, 0.3) is 0 Å². The molecular formula is C22H32N6OS. The number of anilines is 1. The van der Waals surface area contributed by atoms with Gasteiger partial charge in [-0.25, -0.2) is 9.97 Å². The van der Waals surface area contributed by atoms with Crippen LogP contribution in [-0.2, 0) is 17.6 Å². The van der Waals surface area contributed by atoms with Gasteiger partial charge < -0.3 is 9.80 Å². The second-order valence-electron chi connectivity index (χ2n) is 8.24. The molecule has 8 heteroatoms. The van der Waals surface area contributed by atoms with Crippen molar-refractivity contribution in [3.05, 3.63) is 29.7 Å². The highest BCUT2D eigenvalue weighted by Crippen LogP contribution is 2.26. The summed E-state index contributed by atoms with van der Waals surface area (Å²) in [6.07, 6.45) is 12.8. The molecule has 30 heavy (non-hydrogen) atoms. The Hall–Kier alpha value is -1.93. The van der Waals surface area contributed by atoms with Gasteiger partial charge in [-0.3, -0.25) is 14.7 Å². The van der Waals surface area contributed by atoms with Gasteiger partial charge in [0, 0.05) is 70.2 Å². The van der Waals surface area contributed by atoms with Crippen LogP contribution in [0.3, 0.4) is 0 Å². The average molecular weight is 429 g/mol. The van der Waals surface area contributed by atoms with E-state index in [0.29, 0.717) is 13.1 Å². The first-order valence-corrected chi connectivity index (χ1v) is 12.2. The maximum Gasteiger partial charge on any atom is 0.248 e. The van der Waals surface area contributed by atoms with Crippen LogP contribution in [0, 0.1) is 0 Å². The number of fused-ring (bicyclic) bond motifs is 1. The molecule has 162 valence electrons. The summed E-state index contributed by atoms with van der Waals surface area (Å²) in [6, 6.07) is 0.813. The molecule has 1 saturated heterocycles. The van der Waals surface area contributed by atoms with Crippen LogP contribution in [0.15, 0.2) is 23.5 Å². The molecule has 1 aliphatic carbocycles. The number of aliphatic imine (C=N–C) groups is 1. The van der Waals surface area contributed by atoms with E-state index >= 15 is 0 Å². The summed E-state index contributed by atoms with van der Waals surface area (Å²) in [5.74, 6) is 0.865. The normalized spacial score (nSPS) is 21.5. The van der Waals surface area contributed by atoms with Crippen LogP contribution < -0.4 is 4.90 Å². The molecule has 1 aromatic rings. The van der Waals surface area contributed by atoms with Crippen LogP contribution in [-0.4, -0.2) is 82.3 Å². The second-order valence-corrected chi connectivity index (χ2v) is 9.24. The largest absolute Gasteiger partial charge is 0.338 e. The summed E-state index contributed by atoms with van der Waals surface area (Å²) >= 11 is 1.58. The molecule has 0 radical (unpaired) electrons. The van der Waals surface area contributed by atoms with E-state index in [1.807, 2.05) is 24.3 Å². The molecule has 4 rings (SSSR count). The predicted octanol–water partition coefficient (Wildman–Crippen LogP) is 2.37. The van der Waals surface area contributed by atoms with Gasteiger partial charge in [-0.05, 0) is 38.0 Å². The fourth-order valence-electron chi connectivity index (χ4n) is 4.24. The van der Waals surface area contributed by atoms with Gasteiger partial charge in [0.2, 0.25) is 11.9 Å². The van der Waals surface area contributed by atoms with Crippen molar-refractivity contribution in [3.63, 3.8) is 0 Å². The van der Waals surface area contributed by atoms with Crippen LogP contribution in [0.1, 0.15) is 37.4 Å². The summed E-state index contributed by atoms with van der Waals surface area (Å²) in [7, 11) is 0. The van der Waals surface area contributed by atoms with Crippen LogP contribution in [0.25, 0.3) is 0 Å². The summed E-state index contributed by atoms with van der Waals surface area (Å²) in [4.78, 5) is 33.2. The molecule has 0 bridgehead atoms. The van der Waals surface area contributed by atoms with Crippen molar-refractivity contribution in [2.75, 3.05) is 50.4 Å². The summed E-state index contributed by atoms with van der Waals surface area (Å²) in [5, 5.41) is 0.943. The topological polar surface area (TPSA) is 64.9 Å². The van der Waals surface area contributed by atoms with E-state index in [-0.39, 0.29) is 5.91 Å². The van der Waals surface area contributed by atoms with Crippen molar-refractivity contribution in [2.45, 2.75) is 45.1 Å². The van der Waals surface area contributed by atoms with Crippen molar-refractivity contribution < 1.29 is 4.79 Å². The molecule has 0 N–H and O–H groups in total. The third-order valence-corrected chi connectivity index (χ3v) is 7.18. The van der Waals surface area contributed by atoms with E-state index < -0.39 is 0 Å². The lowest BCUT2D eigenvalue weighted by Gasteiger charge is -2.43. The molecule has 0 aromatic carbocycles. The highest BCUT2D eigenvalue weighted by molar-refractivity contribution is 8.13. The molecule has 1 aromatic heterocycles. The fraction of sp³-hybridized carbons (Fsp3) is 0.636. The zero-order chi connectivity index (χ0) is 20.9. The van der Waals surface area contributed by atoms with E-state index in [0.717, 1.165) is 61.7 Å². The predicted molar refractivity (Wildman–Crippen MR) is 123 cm³/mol. The average Bonchev–Trinajstić information content (AvgIpc) is 2.95. The van der Waals surface area contributed by atoms with Crippen molar-refractivity contribution in [3.8, 4) is 0 Å². The SMILES string of the molecule is CSC(C)=N/C=C/C(=O)N1CCc2cnc(N3CCN(C4CCC4)CC3)nc2CC1. The van der Waals surface area contributed by atoms with Gasteiger partial charge in [-0.15, -0.1) is 11.8 Å². The lowest BCUT2D eigenvalue weighted by molar-refractivity contribution is -0.125. The maximum atomic E-state index is 12.5. The molecular weight excluding hydrogens is 396 g/mol. The standard InChI is InChI=1S/C22H32N6OS/c1-17(30-2)23-9-6-21(29)27-10-7-18-16-24-22(25-20(18)8-11-27)28-14-12-26(13-15-28)19-4-3-5-19/h6,9,16,19H,3-5,7-8,10-15H2,1-2H3/b9-6+,23-17?. The smallest absolute Gasteiger partial charge is 0.248 e. The Kier molecular flexibility index (Phi) is 7.04. The lowest BCUT2D eigenvalue weighted by atomic mass is 9.91. The number of hydrogen-bond acceptors (Lipinski definition) is 7. The Morgan fingerprint density at radius 2 is 1.93 bits per heavy atom. The molecule has 0 spiro atoms. The summed E-state index contributed by atoms with van der Waals surface area (Å²) < 4.78 is 0. The van der Waals surface area contributed by atoms with Crippen molar-refractivity contribution in [1.29, 1.82) is 0 Å². The molecule has 3 aliphatic rings. The van der Waals surface area contributed by atoms with E-state index in [2.05, 4.69) is 19.8 Å². The minimum absolute atomic E-state index is 0.0146. The third kappa shape index (κ3) is 5.03. The number of nitrogens with zero attached hydrogens (tertiary/aromatic N) is 6. The third-order valence-electron chi connectivity index (χ3n) is 6.48. The fourth-order valence-corrected chi connectivity index (χ4v) is 4.41. The van der Waals surface area contributed by atoms with Crippen molar-refractivity contribution >= 4 is 28.7 Å². The first-order chi connectivity index (χ1) is 14.6. The zero-order valence-corrected chi connectivity index (χ0v) is 18.9. The quantitative estimate of drug-likeness (QED) is 0.417. The van der Waals surface area contributed by atoms with Crippen molar-refractivity contribution in [2.24, 2.45) is 4.99 Å². The number of aromatic nitrogens is 2. The number of thioether (sulfide) groups is 1. The molecule has 1 saturated carbocycles. The molecule has 0 unspecified atom stereocenters. The first-order valence-electron chi connectivity index (χ1n) is 11.0. The molecule has 3 heterocycles. The van der Waals surface area contributed by atoms with Gasteiger partial charge >= 0.3 is 0 Å². The Morgan fingerprint density at radius 1 is 1.17 bits per heavy atom. The molecule has 1 amide bonds. The Labute approximate surface area is 183 Å². The number of piperazine rings is 1. The van der Waals surface area contributed by atoms with Gasteiger partial charge in [0.1, 0.15) is 0 Å². The van der Waals surface area contributed by atoms with Crippen LogP contribution >= 0.6 is 11.8 Å². The minimum Gasteiger partial charge on any atom is -0.338 e. The molecule has 2 aliphatic heterocycles. The maximum absolute atomic E-state index is 12.5. The van der Waals surface area contributed by atoms with E-state index in [9.17, 15) is 4.79 Å². The summed E-state index contributed by atoms with van der Waals surface area (Å²) in [6.45, 7) is 7.54. The number of rotatable bonds is 4. The monoisotopic (exact) mass is 428 g/mol. The van der Waals surface area contributed by atoms with E-state index in [4.69, 9.17) is 4.98 Å². The van der Waals surface area contributed by atoms with Crippen LogP contribution in [0.2, 0.25) is 0 Å². The Bertz CT molecular complexity index is 814. The van der Waals surface area contributed by atoms with Crippen LogP contribution in [0.5, 0.6) is 0 Å². The second kappa shape index (κ2) is 9.92. The minimum atomic E-state index is 0.0146. The highest BCUT2D eigenvalue weighted by atomic mass is 32.2. The molecule has 0 atom stereocenters.